The molecule has 0 aliphatic carbocycles. The predicted octanol–water partition coefficient (Wildman–Crippen LogP) is 0.934. The largest absolute Gasteiger partial charge is 0.347 e. The Hall–Kier alpha value is -1.14. The maximum Gasteiger partial charge on any atom is 0.240 e. The minimum Gasteiger partial charge on any atom is -0.347 e. The molecule has 7 heteroatoms. The first-order chi connectivity index (χ1) is 7.45. The first kappa shape index (κ1) is 15.9. The minimum absolute atomic E-state index is 0. The van der Waals surface area contributed by atoms with Crippen molar-refractivity contribution >= 4 is 18.3 Å². The summed E-state index contributed by atoms with van der Waals surface area (Å²) in [6.45, 7) is 5.64. The first-order valence-corrected chi connectivity index (χ1v) is 5.32. The normalized spacial score (nSPS) is 13.6. The van der Waals surface area contributed by atoms with Crippen molar-refractivity contribution < 1.29 is 9.32 Å². The first-order valence-electron chi connectivity index (χ1n) is 5.32. The zero-order valence-electron chi connectivity index (χ0n) is 10.3. The Morgan fingerprint density at radius 3 is 2.71 bits per heavy atom. The zero-order valence-corrected chi connectivity index (χ0v) is 11.1. The van der Waals surface area contributed by atoms with E-state index >= 15 is 0 Å². The summed E-state index contributed by atoms with van der Waals surface area (Å²) in [6.07, 6.45) is 1.51. The second-order valence-electron chi connectivity index (χ2n) is 4.08. The van der Waals surface area contributed by atoms with E-state index in [0.29, 0.717) is 18.1 Å². The van der Waals surface area contributed by atoms with Crippen LogP contribution in [0.2, 0.25) is 0 Å². The van der Waals surface area contributed by atoms with Crippen LogP contribution in [0, 0.1) is 6.92 Å². The van der Waals surface area contributed by atoms with Crippen molar-refractivity contribution in [1.82, 2.24) is 15.5 Å². The number of nitrogens with two attached hydrogens (primary N) is 1. The summed E-state index contributed by atoms with van der Waals surface area (Å²) in [4.78, 5) is 15.7. The zero-order chi connectivity index (χ0) is 12.2. The fourth-order valence-electron chi connectivity index (χ4n) is 1.41. The Bertz CT molecular complexity index is 365. The van der Waals surface area contributed by atoms with Gasteiger partial charge in [0.2, 0.25) is 11.8 Å². The van der Waals surface area contributed by atoms with Crippen LogP contribution in [-0.2, 0) is 11.3 Å². The van der Waals surface area contributed by atoms with Gasteiger partial charge >= 0.3 is 0 Å². The van der Waals surface area contributed by atoms with Gasteiger partial charge in [-0.3, -0.25) is 4.79 Å². The van der Waals surface area contributed by atoms with Crippen molar-refractivity contribution in [3.63, 3.8) is 0 Å². The van der Waals surface area contributed by atoms with Crippen molar-refractivity contribution in [2.24, 2.45) is 5.73 Å². The highest BCUT2D eigenvalue weighted by atomic mass is 35.5. The molecular weight excluding hydrogens is 244 g/mol. The van der Waals surface area contributed by atoms with Crippen LogP contribution in [0.3, 0.4) is 0 Å². The number of carbonyl (C=O) groups excluding carboxylic acids is 1. The number of nitrogens with zero attached hydrogens (tertiary/aromatic N) is 2. The highest BCUT2D eigenvalue weighted by molar-refractivity contribution is 5.85. The van der Waals surface area contributed by atoms with E-state index in [9.17, 15) is 4.79 Å². The molecule has 1 heterocycles. The molecule has 17 heavy (non-hydrogen) atoms. The Balaban J connectivity index is 0.00000256. The van der Waals surface area contributed by atoms with E-state index in [-0.39, 0.29) is 24.9 Å². The van der Waals surface area contributed by atoms with Crippen LogP contribution in [0.25, 0.3) is 0 Å². The third-order valence-corrected chi connectivity index (χ3v) is 2.26. The monoisotopic (exact) mass is 262 g/mol. The van der Waals surface area contributed by atoms with Crippen molar-refractivity contribution in [3.8, 4) is 0 Å². The lowest BCUT2D eigenvalue weighted by Gasteiger charge is -2.22. The maximum absolute atomic E-state index is 11.7. The van der Waals surface area contributed by atoms with Crippen molar-refractivity contribution in [3.05, 3.63) is 11.7 Å². The molecule has 1 rings (SSSR count). The lowest BCUT2D eigenvalue weighted by atomic mass is 9.97. The van der Waals surface area contributed by atoms with Gasteiger partial charge in [-0.05, 0) is 13.3 Å². The fourth-order valence-corrected chi connectivity index (χ4v) is 1.41. The summed E-state index contributed by atoms with van der Waals surface area (Å²) in [5, 5.41) is 6.36. The predicted molar refractivity (Wildman–Crippen MR) is 65.6 cm³/mol. The van der Waals surface area contributed by atoms with Gasteiger partial charge in [-0.15, -0.1) is 12.4 Å². The third-order valence-electron chi connectivity index (χ3n) is 2.26. The quantitative estimate of drug-likeness (QED) is 0.823. The molecular formula is C10H19ClN4O2. The highest BCUT2D eigenvalue weighted by Gasteiger charge is 2.26. The second-order valence-corrected chi connectivity index (χ2v) is 4.08. The Morgan fingerprint density at radius 2 is 2.24 bits per heavy atom. The number of rotatable bonds is 5. The number of aromatic nitrogens is 2. The number of nitrogens with one attached hydrogen (secondary N) is 1. The smallest absolute Gasteiger partial charge is 0.240 e. The van der Waals surface area contributed by atoms with Gasteiger partial charge in [0.1, 0.15) is 0 Å². The molecule has 0 fully saturated rings. The summed E-state index contributed by atoms with van der Waals surface area (Å²) in [5.74, 6) is 0.739. The summed E-state index contributed by atoms with van der Waals surface area (Å²) in [7, 11) is 0. The molecule has 3 N–H and O–H groups in total. The van der Waals surface area contributed by atoms with Crippen LogP contribution in [0.15, 0.2) is 4.52 Å². The van der Waals surface area contributed by atoms with Gasteiger partial charge in [0.15, 0.2) is 5.82 Å². The van der Waals surface area contributed by atoms with Crippen LogP contribution >= 0.6 is 12.4 Å². The van der Waals surface area contributed by atoms with Gasteiger partial charge in [0, 0.05) is 6.92 Å². The standard InChI is InChI=1S/C10H18N4O2.ClH/c1-4-5-10(3,11)9(15)12-6-8-13-7(2)16-14-8;/h4-6,11H2,1-3H3,(H,12,15);1H. The molecule has 0 radical (unpaired) electrons. The molecule has 0 saturated carbocycles. The van der Waals surface area contributed by atoms with E-state index < -0.39 is 5.54 Å². The van der Waals surface area contributed by atoms with E-state index in [0.717, 1.165) is 6.42 Å². The summed E-state index contributed by atoms with van der Waals surface area (Å²) in [6, 6.07) is 0. The fraction of sp³-hybridized carbons (Fsp3) is 0.700. The van der Waals surface area contributed by atoms with E-state index in [1.54, 1.807) is 13.8 Å². The molecule has 1 aromatic heterocycles. The second kappa shape index (κ2) is 6.56. The van der Waals surface area contributed by atoms with Crippen LogP contribution in [-0.4, -0.2) is 21.6 Å². The maximum atomic E-state index is 11.7. The summed E-state index contributed by atoms with van der Waals surface area (Å²) < 4.78 is 4.79. The van der Waals surface area contributed by atoms with Crippen LogP contribution in [0.1, 0.15) is 38.4 Å². The van der Waals surface area contributed by atoms with Gasteiger partial charge < -0.3 is 15.6 Å². The Morgan fingerprint density at radius 1 is 1.59 bits per heavy atom. The number of hydrogen-bond donors (Lipinski definition) is 2. The molecule has 1 unspecified atom stereocenters. The van der Waals surface area contributed by atoms with Gasteiger partial charge in [-0.1, -0.05) is 18.5 Å². The van der Waals surface area contributed by atoms with Gasteiger partial charge in [0.05, 0.1) is 12.1 Å². The molecule has 0 saturated heterocycles. The van der Waals surface area contributed by atoms with Crippen LogP contribution < -0.4 is 11.1 Å². The van der Waals surface area contributed by atoms with Gasteiger partial charge in [0.25, 0.3) is 0 Å². The van der Waals surface area contributed by atoms with Crippen LogP contribution in [0.5, 0.6) is 0 Å². The van der Waals surface area contributed by atoms with Gasteiger partial charge in [-0.2, -0.15) is 4.98 Å². The number of hydrogen-bond acceptors (Lipinski definition) is 5. The number of halogens is 1. The number of aryl methyl sites for hydroxylation is 1. The molecule has 0 aromatic carbocycles. The topological polar surface area (TPSA) is 94.0 Å². The molecule has 1 atom stereocenters. The molecule has 1 aromatic rings. The SMILES string of the molecule is CCCC(C)(N)C(=O)NCc1noc(C)n1.Cl. The highest BCUT2D eigenvalue weighted by Crippen LogP contribution is 2.08. The molecule has 98 valence electrons. The Kier molecular flexibility index (Phi) is 6.12. The van der Waals surface area contributed by atoms with Crippen molar-refractivity contribution in [2.45, 2.75) is 45.7 Å². The van der Waals surface area contributed by atoms with E-state index in [4.69, 9.17) is 10.3 Å². The lowest BCUT2D eigenvalue weighted by Crippen LogP contribution is -2.51. The van der Waals surface area contributed by atoms with E-state index in [1.807, 2.05) is 6.92 Å². The molecule has 0 spiro atoms. The third kappa shape index (κ3) is 4.70. The Labute approximate surface area is 107 Å². The summed E-state index contributed by atoms with van der Waals surface area (Å²) in [5.41, 5.74) is 5.02. The summed E-state index contributed by atoms with van der Waals surface area (Å²) >= 11 is 0. The number of amides is 1. The van der Waals surface area contributed by atoms with Crippen molar-refractivity contribution in [1.29, 1.82) is 0 Å². The average molecular weight is 263 g/mol. The van der Waals surface area contributed by atoms with Crippen LogP contribution in [0.4, 0.5) is 0 Å². The molecule has 0 bridgehead atoms. The van der Waals surface area contributed by atoms with Gasteiger partial charge in [-0.25, -0.2) is 0 Å². The molecule has 0 aliphatic rings. The minimum atomic E-state index is -0.840. The molecule has 1 amide bonds. The molecule has 0 aliphatic heterocycles. The lowest BCUT2D eigenvalue weighted by molar-refractivity contribution is -0.126. The van der Waals surface area contributed by atoms with E-state index in [2.05, 4.69) is 15.5 Å². The van der Waals surface area contributed by atoms with E-state index in [1.165, 1.54) is 0 Å². The molecule has 6 nitrogen and oxygen atoms in total. The van der Waals surface area contributed by atoms with Crippen molar-refractivity contribution in [2.75, 3.05) is 0 Å². The number of carbonyl (C=O) groups is 1. The average Bonchev–Trinajstić information content (AvgIpc) is 2.60.